The molecule has 3 heterocycles. The molecule has 2 aromatic heterocycles. The highest BCUT2D eigenvalue weighted by atomic mass is 35.5. The van der Waals surface area contributed by atoms with Crippen LogP contribution in [0.2, 0.25) is 10.0 Å². The standard InChI is InChI=1S/C17H16Cl2N4O2/c18-12-8-20-23(17(24)15(12)19)10-22-7-3-4-11(9-22)16-21-13-5-1-2-6-14(13)25-16/h1-2,5-6,8,11H,3-4,7,9-10H2/t11-/m1/s1. The number of halogens is 2. The van der Waals surface area contributed by atoms with Gasteiger partial charge in [-0.1, -0.05) is 35.3 Å². The summed E-state index contributed by atoms with van der Waals surface area (Å²) < 4.78 is 7.24. The highest BCUT2D eigenvalue weighted by Gasteiger charge is 2.26. The fourth-order valence-corrected chi connectivity index (χ4v) is 3.46. The van der Waals surface area contributed by atoms with Gasteiger partial charge in [0.25, 0.3) is 5.56 Å². The van der Waals surface area contributed by atoms with Crippen LogP contribution in [0.3, 0.4) is 0 Å². The summed E-state index contributed by atoms with van der Waals surface area (Å²) in [7, 11) is 0. The largest absolute Gasteiger partial charge is 0.440 e. The van der Waals surface area contributed by atoms with E-state index >= 15 is 0 Å². The number of aromatic nitrogens is 3. The highest BCUT2D eigenvalue weighted by Crippen LogP contribution is 2.29. The van der Waals surface area contributed by atoms with Crippen molar-refractivity contribution >= 4 is 34.3 Å². The van der Waals surface area contributed by atoms with Crippen LogP contribution in [-0.2, 0) is 6.67 Å². The van der Waals surface area contributed by atoms with Crippen LogP contribution in [-0.4, -0.2) is 32.8 Å². The lowest BCUT2D eigenvalue weighted by Gasteiger charge is -2.31. The van der Waals surface area contributed by atoms with Gasteiger partial charge in [0.15, 0.2) is 11.5 Å². The number of nitrogens with zero attached hydrogens (tertiary/aromatic N) is 4. The molecule has 1 aliphatic rings. The van der Waals surface area contributed by atoms with Crippen LogP contribution in [0, 0.1) is 0 Å². The van der Waals surface area contributed by atoms with Gasteiger partial charge in [-0.05, 0) is 31.5 Å². The van der Waals surface area contributed by atoms with Crippen molar-refractivity contribution in [3.8, 4) is 0 Å². The molecule has 0 spiro atoms. The Labute approximate surface area is 154 Å². The number of oxazole rings is 1. The molecule has 4 rings (SSSR count). The maximum Gasteiger partial charge on any atom is 0.288 e. The molecule has 8 heteroatoms. The first-order valence-corrected chi connectivity index (χ1v) is 8.86. The van der Waals surface area contributed by atoms with E-state index in [0.29, 0.717) is 6.67 Å². The molecule has 0 aliphatic carbocycles. The zero-order valence-corrected chi connectivity index (χ0v) is 14.9. The first-order valence-electron chi connectivity index (χ1n) is 8.11. The molecule has 1 atom stereocenters. The normalized spacial score (nSPS) is 18.7. The third-order valence-electron chi connectivity index (χ3n) is 4.44. The summed E-state index contributed by atoms with van der Waals surface area (Å²) >= 11 is 11.7. The predicted molar refractivity (Wildman–Crippen MR) is 96.1 cm³/mol. The van der Waals surface area contributed by atoms with Gasteiger partial charge < -0.3 is 4.42 Å². The summed E-state index contributed by atoms with van der Waals surface area (Å²) in [6.07, 6.45) is 3.40. The van der Waals surface area contributed by atoms with Crippen LogP contribution in [0.25, 0.3) is 11.1 Å². The Kier molecular flexibility index (Phi) is 4.50. The topological polar surface area (TPSA) is 64.2 Å². The Hall–Kier alpha value is -1.89. The van der Waals surface area contributed by atoms with Gasteiger partial charge in [-0.25, -0.2) is 9.67 Å². The highest BCUT2D eigenvalue weighted by molar-refractivity contribution is 6.41. The fraction of sp³-hybridized carbons (Fsp3) is 0.353. The van der Waals surface area contributed by atoms with E-state index < -0.39 is 0 Å². The zero-order chi connectivity index (χ0) is 17.4. The summed E-state index contributed by atoms with van der Waals surface area (Å²) in [5, 5.41) is 4.25. The molecule has 0 amide bonds. The zero-order valence-electron chi connectivity index (χ0n) is 13.4. The second-order valence-electron chi connectivity index (χ2n) is 6.19. The van der Waals surface area contributed by atoms with Crippen LogP contribution in [0.1, 0.15) is 24.7 Å². The van der Waals surface area contributed by atoms with Crippen molar-refractivity contribution in [1.29, 1.82) is 0 Å². The molecule has 0 N–H and O–H groups in total. The third kappa shape index (κ3) is 3.29. The molecule has 130 valence electrons. The molecule has 0 saturated carbocycles. The summed E-state index contributed by atoms with van der Waals surface area (Å²) in [5.41, 5.74) is 1.30. The molecule has 1 aromatic carbocycles. The molecule has 1 saturated heterocycles. The van der Waals surface area contributed by atoms with Crippen LogP contribution in [0.15, 0.2) is 39.7 Å². The maximum atomic E-state index is 12.2. The van der Waals surface area contributed by atoms with E-state index in [-0.39, 0.29) is 21.5 Å². The smallest absolute Gasteiger partial charge is 0.288 e. The monoisotopic (exact) mass is 378 g/mol. The van der Waals surface area contributed by atoms with E-state index in [1.807, 2.05) is 24.3 Å². The minimum absolute atomic E-state index is 0.00387. The summed E-state index contributed by atoms with van der Waals surface area (Å²) in [5.74, 6) is 0.944. The Morgan fingerprint density at radius 3 is 2.96 bits per heavy atom. The number of likely N-dealkylation sites (tertiary alicyclic amines) is 1. The number of hydrogen-bond donors (Lipinski definition) is 0. The van der Waals surface area contributed by atoms with E-state index in [1.165, 1.54) is 10.9 Å². The number of para-hydroxylation sites is 2. The van der Waals surface area contributed by atoms with Crippen LogP contribution < -0.4 is 5.56 Å². The van der Waals surface area contributed by atoms with Gasteiger partial charge in [0.1, 0.15) is 10.5 Å². The quantitative estimate of drug-likeness (QED) is 0.697. The Bertz CT molecular complexity index is 936. The Morgan fingerprint density at radius 1 is 1.28 bits per heavy atom. The number of fused-ring (bicyclic) bond motifs is 1. The number of hydrogen-bond acceptors (Lipinski definition) is 5. The molecule has 1 fully saturated rings. The molecular weight excluding hydrogens is 363 g/mol. The lowest BCUT2D eigenvalue weighted by Crippen LogP contribution is -2.39. The molecule has 1 aliphatic heterocycles. The Balaban J connectivity index is 1.53. The molecule has 0 unspecified atom stereocenters. The molecule has 6 nitrogen and oxygen atoms in total. The van der Waals surface area contributed by atoms with Crippen molar-refractivity contribution in [3.63, 3.8) is 0 Å². The number of benzene rings is 1. The average molecular weight is 379 g/mol. The van der Waals surface area contributed by atoms with Gasteiger partial charge >= 0.3 is 0 Å². The molecular formula is C17H16Cl2N4O2. The maximum absolute atomic E-state index is 12.2. The van der Waals surface area contributed by atoms with E-state index in [0.717, 1.165) is 42.9 Å². The van der Waals surface area contributed by atoms with Gasteiger partial charge in [-0.3, -0.25) is 9.69 Å². The minimum Gasteiger partial charge on any atom is -0.440 e. The van der Waals surface area contributed by atoms with Gasteiger partial charge in [0.05, 0.1) is 17.9 Å². The fourth-order valence-electron chi connectivity index (χ4n) is 3.19. The molecule has 0 bridgehead atoms. The number of piperidine rings is 1. The summed E-state index contributed by atoms with van der Waals surface area (Å²) in [6, 6.07) is 7.75. The molecule has 25 heavy (non-hydrogen) atoms. The van der Waals surface area contributed by atoms with Crippen LogP contribution >= 0.6 is 23.2 Å². The third-order valence-corrected chi connectivity index (χ3v) is 5.19. The second kappa shape index (κ2) is 6.78. The summed E-state index contributed by atoms with van der Waals surface area (Å²) in [6.45, 7) is 2.00. The average Bonchev–Trinajstić information content (AvgIpc) is 3.07. The van der Waals surface area contributed by atoms with Crippen molar-refractivity contribution in [2.24, 2.45) is 0 Å². The van der Waals surface area contributed by atoms with Gasteiger partial charge in [0, 0.05) is 12.5 Å². The molecule has 3 aromatic rings. The van der Waals surface area contributed by atoms with Crippen LogP contribution in [0.4, 0.5) is 0 Å². The van der Waals surface area contributed by atoms with Gasteiger partial charge in [-0.2, -0.15) is 5.10 Å². The van der Waals surface area contributed by atoms with Crippen molar-refractivity contribution in [2.75, 3.05) is 13.1 Å². The lowest BCUT2D eigenvalue weighted by molar-refractivity contribution is 0.145. The van der Waals surface area contributed by atoms with Crippen LogP contribution in [0.5, 0.6) is 0 Å². The SMILES string of the molecule is O=c1c(Cl)c(Cl)cnn1CN1CCC[C@@H](c2nc3ccccc3o2)C1. The number of rotatable bonds is 3. The molecule has 0 radical (unpaired) electrons. The van der Waals surface area contributed by atoms with E-state index in [1.54, 1.807) is 0 Å². The van der Waals surface area contributed by atoms with Gasteiger partial charge in [-0.15, -0.1) is 0 Å². The second-order valence-corrected chi connectivity index (χ2v) is 6.97. The van der Waals surface area contributed by atoms with Crippen molar-refractivity contribution in [2.45, 2.75) is 25.4 Å². The summed E-state index contributed by atoms with van der Waals surface area (Å²) in [4.78, 5) is 18.9. The van der Waals surface area contributed by atoms with Crippen molar-refractivity contribution in [3.05, 3.63) is 56.8 Å². The predicted octanol–water partition coefficient (Wildman–Crippen LogP) is 3.53. The van der Waals surface area contributed by atoms with E-state index in [4.69, 9.17) is 27.6 Å². The lowest BCUT2D eigenvalue weighted by atomic mass is 9.98. The first kappa shape index (κ1) is 16.6. The Morgan fingerprint density at radius 2 is 2.12 bits per heavy atom. The van der Waals surface area contributed by atoms with Crippen molar-refractivity contribution in [1.82, 2.24) is 19.7 Å². The van der Waals surface area contributed by atoms with Gasteiger partial charge in [0.2, 0.25) is 0 Å². The minimum atomic E-state index is -0.377. The first-order chi connectivity index (χ1) is 12.1. The van der Waals surface area contributed by atoms with E-state index in [9.17, 15) is 4.79 Å². The van der Waals surface area contributed by atoms with Crippen molar-refractivity contribution < 1.29 is 4.42 Å². The van der Waals surface area contributed by atoms with E-state index in [2.05, 4.69) is 15.0 Å².